The number of imide groups is 1. The number of hydrogen-bond donors (Lipinski definition) is 1. The molecular formula is C26H24FN3O4. The van der Waals surface area contributed by atoms with Crippen molar-refractivity contribution in [1.82, 2.24) is 0 Å². The van der Waals surface area contributed by atoms with Gasteiger partial charge in [0.2, 0.25) is 0 Å². The average molecular weight is 461 g/mol. The van der Waals surface area contributed by atoms with Crippen LogP contribution in [0.25, 0.3) is 5.57 Å². The van der Waals surface area contributed by atoms with Crippen molar-refractivity contribution in [3.63, 3.8) is 0 Å². The Balaban J connectivity index is 1.80. The zero-order valence-corrected chi connectivity index (χ0v) is 19.3. The lowest BCUT2D eigenvalue weighted by atomic mass is 10.0. The highest BCUT2D eigenvalue weighted by atomic mass is 19.1. The topological polar surface area (TPSA) is 71.1 Å². The second-order valence-corrected chi connectivity index (χ2v) is 7.84. The third-order valence-electron chi connectivity index (χ3n) is 5.46. The molecule has 3 aromatic carbocycles. The number of nitrogens with one attached hydrogen (secondary N) is 1. The lowest BCUT2D eigenvalue weighted by Crippen LogP contribution is -2.32. The summed E-state index contributed by atoms with van der Waals surface area (Å²) >= 11 is 0. The molecule has 0 unspecified atom stereocenters. The number of anilines is 3. The zero-order valence-electron chi connectivity index (χ0n) is 19.3. The number of methoxy groups -OCH3 is 2. The molecule has 8 heteroatoms. The van der Waals surface area contributed by atoms with E-state index in [1.54, 1.807) is 30.3 Å². The van der Waals surface area contributed by atoms with Gasteiger partial charge in [0.1, 0.15) is 23.0 Å². The first kappa shape index (κ1) is 22.8. The summed E-state index contributed by atoms with van der Waals surface area (Å²) in [5.41, 5.74) is 2.49. The largest absolute Gasteiger partial charge is 0.497 e. The van der Waals surface area contributed by atoms with E-state index in [1.165, 1.54) is 38.5 Å². The van der Waals surface area contributed by atoms with Crippen LogP contribution in [-0.4, -0.2) is 40.1 Å². The number of amides is 2. The van der Waals surface area contributed by atoms with Crippen LogP contribution < -0.4 is 24.6 Å². The summed E-state index contributed by atoms with van der Waals surface area (Å²) in [7, 11) is 6.84. The SMILES string of the molecule is COc1cc(NC2=C(c3ccc(F)cc3)C(=O)N(c3ccc(N(C)C)cc3)C2=O)cc(OC)c1. The molecule has 1 aliphatic rings. The molecule has 0 radical (unpaired) electrons. The summed E-state index contributed by atoms with van der Waals surface area (Å²) in [6, 6.07) is 17.6. The molecule has 0 saturated heterocycles. The number of ether oxygens (including phenoxy) is 2. The molecule has 0 fully saturated rings. The first-order valence-electron chi connectivity index (χ1n) is 10.5. The van der Waals surface area contributed by atoms with Gasteiger partial charge in [0.05, 0.1) is 25.5 Å². The van der Waals surface area contributed by atoms with Gasteiger partial charge in [-0.15, -0.1) is 0 Å². The number of nitrogens with zero attached hydrogens (tertiary/aromatic N) is 2. The molecule has 2 amide bonds. The maximum absolute atomic E-state index is 13.6. The predicted molar refractivity (Wildman–Crippen MR) is 130 cm³/mol. The van der Waals surface area contributed by atoms with Gasteiger partial charge in [-0.1, -0.05) is 12.1 Å². The Morgan fingerprint density at radius 2 is 1.41 bits per heavy atom. The summed E-state index contributed by atoms with van der Waals surface area (Å²) in [6.07, 6.45) is 0. The normalized spacial score (nSPS) is 13.4. The molecule has 0 bridgehead atoms. The molecule has 34 heavy (non-hydrogen) atoms. The van der Waals surface area contributed by atoms with Gasteiger partial charge in [-0.2, -0.15) is 0 Å². The smallest absolute Gasteiger partial charge is 0.282 e. The highest BCUT2D eigenvalue weighted by molar-refractivity contribution is 6.46. The van der Waals surface area contributed by atoms with E-state index in [0.717, 1.165) is 10.6 Å². The Kier molecular flexibility index (Phi) is 6.23. The molecule has 1 aliphatic heterocycles. The van der Waals surface area contributed by atoms with E-state index in [-0.39, 0.29) is 11.3 Å². The highest BCUT2D eigenvalue weighted by Gasteiger charge is 2.40. The van der Waals surface area contributed by atoms with Crippen molar-refractivity contribution in [2.24, 2.45) is 0 Å². The molecule has 4 rings (SSSR count). The summed E-state index contributed by atoms with van der Waals surface area (Å²) in [5, 5.41) is 3.07. The van der Waals surface area contributed by atoms with Crippen LogP contribution in [0.1, 0.15) is 5.56 Å². The fourth-order valence-corrected chi connectivity index (χ4v) is 3.69. The van der Waals surface area contributed by atoms with Crippen LogP contribution in [0.15, 0.2) is 72.4 Å². The van der Waals surface area contributed by atoms with E-state index in [9.17, 15) is 14.0 Å². The summed E-state index contributed by atoms with van der Waals surface area (Å²) in [4.78, 5) is 30.1. The average Bonchev–Trinajstić information content (AvgIpc) is 3.08. The maximum atomic E-state index is 13.6. The van der Waals surface area contributed by atoms with Crippen LogP contribution in [0, 0.1) is 5.82 Å². The van der Waals surface area contributed by atoms with Gasteiger partial charge < -0.3 is 19.7 Å². The van der Waals surface area contributed by atoms with Crippen molar-refractivity contribution in [3.8, 4) is 11.5 Å². The zero-order chi connectivity index (χ0) is 24.4. The van der Waals surface area contributed by atoms with E-state index < -0.39 is 17.6 Å². The van der Waals surface area contributed by atoms with Gasteiger partial charge in [0, 0.05) is 43.7 Å². The number of carbonyl (C=O) groups excluding carboxylic acids is 2. The predicted octanol–water partition coefficient (Wildman–Crippen LogP) is 4.31. The Hall–Kier alpha value is -4.33. The second kappa shape index (κ2) is 9.27. The Morgan fingerprint density at radius 3 is 1.94 bits per heavy atom. The van der Waals surface area contributed by atoms with Crippen LogP contribution in [0.4, 0.5) is 21.5 Å². The minimum absolute atomic E-state index is 0.0728. The lowest BCUT2D eigenvalue weighted by molar-refractivity contribution is -0.120. The fourth-order valence-electron chi connectivity index (χ4n) is 3.69. The lowest BCUT2D eigenvalue weighted by Gasteiger charge is -2.18. The van der Waals surface area contributed by atoms with Crippen LogP contribution >= 0.6 is 0 Å². The first-order valence-corrected chi connectivity index (χ1v) is 10.5. The van der Waals surface area contributed by atoms with Gasteiger partial charge in [-0.25, -0.2) is 9.29 Å². The van der Waals surface area contributed by atoms with Gasteiger partial charge in [0.15, 0.2) is 0 Å². The fraction of sp³-hybridized carbons (Fsp3) is 0.154. The summed E-state index contributed by atoms with van der Waals surface area (Å²) < 4.78 is 24.2. The van der Waals surface area contributed by atoms with Crippen molar-refractivity contribution < 1.29 is 23.5 Å². The molecule has 7 nitrogen and oxygen atoms in total. The van der Waals surface area contributed by atoms with Gasteiger partial charge in [-0.05, 0) is 42.0 Å². The van der Waals surface area contributed by atoms with Gasteiger partial charge in [-0.3, -0.25) is 9.59 Å². The summed E-state index contributed by atoms with van der Waals surface area (Å²) in [5.74, 6) is -0.447. The maximum Gasteiger partial charge on any atom is 0.282 e. The van der Waals surface area contributed by atoms with E-state index in [4.69, 9.17) is 9.47 Å². The van der Waals surface area contributed by atoms with Crippen LogP contribution in [-0.2, 0) is 9.59 Å². The minimum atomic E-state index is -0.524. The van der Waals surface area contributed by atoms with Gasteiger partial charge >= 0.3 is 0 Å². The Bertz CT molecular complexity index is 1250. The molecular weight excluding hydrogens is 437 g/mol. The van der Waals surface area contributed by atoms with Crippen molar-refractivity contribution in [3.05, 3.63) is 83.8 Å². The van der Waals surface area contributed by atoms with Crippen LogP contribution in [0.3, 0.4) is 0 Å². The summed E-state index contributed by atoms with van der Waals surface area (Å²) in [6.45, 7) is 0. The van der Waals surface area contributed by atoms with Crippen molar-refractivity contribution in [1.29, 1.82) is 0 Å². The van der Waals surface area contributed by atoms with Gasteiger partial charge in [0.25, 0.3) is 11.8 Å². The molecule has 0 saturated carbocycles. The number of rotatable bonds is 7. The molecule has 174 valence electrons. The monoisotopic (exact) mass is 461 g/mol. The molecule has 0 aliphatic carbocycles. The van der Waals surface area contributed by atoms with Crippen molar-refractivity contribution >= 4 is 34.4 Å². The van der Waals surface area contributed by atoms with E-state index in [2.05, 4.69) is 5.32 Å². The van der Waals surface area contributed by atoms with Crippen molar-refractivity contribution in [2.45, 2.75) is 0 Å². The first-order chi connectivity index (χ1) is 16.3. The van der Waals surface area contributed by atoms with E-state index in [0.29, 0.717) is 28.4 Å². The van der Waals surface area contributed by atoms with Crippen molar-refractivity contribution in [2.75, 3.05) is 43.4 Å². The Morgan fingerprint density at radius 1 is 0.824 bits per heavy atom. The standard InChI is InChI=1S/C26H24FN3O4/c1-29(2)19-9-11-20(12-10-19)30-25(31)23(16-5-7-17(27)8-6-16)24(26(30)32)28-18-13-21(33-3)15-22(14-18)34-4/h5-15,28H,1-4H3. The van der Waals surface area contributed by atoms with E-state index >= 15 is 0 Å². The highest BCUT2D eigenvalue weighted by Crippen LogP contribution is 2.35. The number of benzene rings is 3. The molecule has 0 aromatic heterocycles. The number of hydrogen-bond acceptors (Lipinski definition) is 6. The molecule has 0 atom stereocenters. The number of halogens is 1. The van der Waals surface area contributed by atoms with E-state index in [1.807, 2.05) is 31.1 Å². The Labute approximate surface area is 197 Å². The minimum Gasteiger partial charge on any atom is -0.497 e. The molecule has 0 spiro atoms. The molecule has 1 heterocycles. The third kappa shape index (κ3) is 4.30. The number of carbonyl (C=O) groups is 2. The third-order valence-corrected chi connectivity index (χ3v) is 5.46. The second-order valence-electron chi connectivity index (χ2n) is 7.84. The molecule has 3 aromatic rings. The quantitative estimate of drug-likeness (QED) is 0.529. The van der Waals surface area contributed by atoms with Crippen LogP contribution in [0.5, 0.6) is 11.5 Å². The molecule has 1 N–H and O–H groups in total. The van der Waals surface area contributed by atoms with Crippen LogP contribution in [0.2, 0.25) is 0 Å².